The van der Waals surface area contributed by atoms with Crippen molar-refractivity contribution < 1.29 is 9.18 Å². The predicted octanol–water partition coefficient (Wildman–Crippen LogP) is 3.80. The van der Waals surface area contributed by atoms with Crippen LogP contribution in [0.25, 0.3) is 0 Å². The van der Waals surface area contributed by atoms with Crippen LogP contribution in [0.1, 0.15) is 23.6 Å². The second kappa shape index (κ2) is 9.03. The zero-order chi connectivity index (χ0) is 22.0. The molecule has 1 unspecified atom stereocenters. The number of hydrogen-bond donors (Lipinski definition) is 1. The third-order valence-electron chi connectivity index (χ3n) is 4.88. The summed E-state index contributed by atoms with van der Waals surface area (Å²) in [6.45, 7) is 0. The van der Waals surface area contributed by atoms with E-state index in [0.29, 0.717) is 15.9 Å². The van der Waals surface area contributed by atoms with Gasteiger partial charge in [-0.2, -0.15) is 5.10 Å². The lowest BCUT2D eigenvalue weighted by molar-refractivity contribution is -0.130. The summed E-state index contributed by atoms with van der Waals surface area (Å²) < 4.78 is 14.0. The van der Waals surface area contributed by atoms with Crippen molar-refractivity contribution in [1.82, 2.24) is 15.2 Å². The van der Waals surface area contributed by atoms with E-state index in [0.717, 1.165) is 22.5 Å². The minimum Gasteiger partial charge on any atom is -0.378 e. The first-order valence-corrected chi connectivity index (χ1v) is 11.4. The van der Waals surface area contributed by atoms with Crippen molar-refractivity contribution in [2.75, 3.05) is 30.5 Å². The lowest BCUT2D eigenvalue weighted by Gasteiger charge is -2.22. The number of halogens is 1. The van der Waals surface area contributed by atoms with Gasteiger partial charge >= 0.3 is 0 Å². The highest BCUT2D eigenvalue weighted by molar-refractivity contribution is 8.01. The Labute approximate surface area is 187 Å². The van der Waals surface area contributed by atoms with Crippen molar-refractivity contribution in [2.24, 2.45) is 5.10 Å². The molecule has 0 fully saturated rings. The molecule has 1 aliphatic heterocycles. The molecule has 160 valence electrons. The lowest BCUT2D eigenvalue weighted by Crippen LogP contribution is -2.28. The van der Waals surface area contributed by atoms with Crippen LogP contribution in [0.4, 0.5) is 15.2 Å². The van der Waals surface area contributed by atoms with E-state index >= 15 is 0 Å². The fourth-order valence-electron chi connectivity index (χ4n) is 3.28. The van der Waals surface area contributed by atoms with Gasteiger partial charge in [0.05, 0.1) is 17.5 Å². The standard InChI is InChI=1S/C21H21FN6OS2/c1-27(2)16-9-5-14(6-10-16)18-11-17(13-3-7-15(22)8-4-13)26-28(18)19(29)12-30-21-25-24-20(23)31-21/h3-10,18H,11-12H2,1-2H3,(H2,23,24). The van der Waals surface area contributed by atoms with Gasteiger partial charge in [0.15, 0.2) is 4.34 Å². The van der Waals surface area contributed by atoms with Crippen LogP contribution in [0.15, 0.2) is 58.0 Å². The van der Waals surface area contributed by atoms with Crippen molar-refractivity contribution >= 4 is 45.5 Å². The Morgan fingerprint density at radius 3 is 2.52 bits per heavy atom. The number of thioether (sulfide) groups is 1. The Balaban J connectivity index is 1.58. The minimum absolute atomic E-state index is 0.141. The lowest BCUT2D eigenvalue weighted by atomic mass is 9.98. The van der Waals surface area contributed by atoms with E-state index in [2.05, 4.69) is 15.3 Å². The van der Waals surface area contributed by atoms with E-state index in [1.165, 1.54) is 40.2 Å². The second-order valence-corrected chi connectivity index (χ2v) is 9.42. The van der Waals surface area contributed by atoms with Gasteiger partial charge in [-0.05, 0) is 35.4 Å². The molecule has 10 heteroatoms. The van der Waals surface area contributed by atoms with E-state index < -0.39 is 0 Å². The van der Waals surface area contributed by atoms with Crippen molar-refractivity contribution in [3.8, 4) is 0 Å². The van der Waals surface area contributed by atoms with Gasteiger partial charge in [0.1, 0.15) is 5.82 Å². The molecule has 31 heavy (non-hydrogen) atoms. The van der Waals surface area contributed by atoms with E-state index in [-0.39, 0.29) is 23.5 Å². The number of aromatic nitrogens is 2. The molecular formula is C21H21FN6OS2. The number of carbonyl (C=O) groups excluding carboxylic acids is 1. The summed E-state index contributed by atoms with van der Waals surface area (Å²) in [7, 11) is 3.96. The number of carbonyl (C=O) groups is 1. The van der Waals surface area contributed by atoms with Gasteiger partial charge in [-0.1, -0.05) is 47.4 Å². The zero-order valence-electron chi connectivity index (χ0n) is 17.0. The number of nitrogen functional groups attached to an aromatic ring is 1. The molecule has 1 aromatic heterocycles. The number of nitrogens with two attached hydrogens (primary N) is 1. The maximum Gasteiger partial charge on any atom is 0.253 e. The average molecular weight is 457 g/mol. The maximum atomic E-state index is 13.4. The highest BCUT2D eigenvalue weighted by Crippen LogP contribution is 2.35. The Hall–Kier alpha value is -2.98. The second-order valence-electron chi connectivity index (χ2n) is 7.19. The maximum absolute atomic E-state index is 13.4. The first kappa shape index (κ1) is 21.3. The topological polar surface area (TPSA) is 87.7 Å². The molecule has 2 aromatic carbocycles. The summed E-state index contributed by atoms with van der Waals surface area (Å²) in [6.07, 6.45) is 0.551. The molecule has 0 saturated heterocycles. The third-order valence-corrected chi connectivity index (χ3v) is 6.75. The van der Waals surface area contributed by atoms with Crippen molar-refractivity contribution in [3.63, 3.8) is 0 Å². The first-order chi connectivity index (χ1) is 14.9. The van der Waals surface area contributed by atoms with E-state index in [4.69, 9.17) is 5.73 Å². The molecular weight excluding hydrogens is 435 g/mol. The Kier molecular flexibility index (Phi) is 6.19. The van der Waals surface area contributed by atoms with Crippen LogP contribution in [0.5, 0.6) is 0 Å². The average Bonchev–Trinajstić information content (AvgIpc) is 3.39. The molecule has 1 amide bonds. The van der Waals surface area contributed by atoms with Gasteiger partial charge in [-0.3, -0.25) is 4.79 Å². The highest BCUT2D eigenvalue weighted by Gasteiger charge is 2.33. The van der Waals surface area contributed by atoms with Crippen LogP contribution in [0, 0.1) is 5.82 Å². The summed E-state index contributed by atoms with van der Waals surface area (Å²) in [5.74, 6) is -0.280. The fourth-order valence-corrected chi connectivity index (χ4v) is 4.77. The molecule has 0 aliphatic carbocycles. The molecule has 0 bridgehead atoms. The summed E-state index contributed by atoms with van der Waals surface area (Å²) in [4.78, 5) is 15.1. The summed E-state index contributed by atoms with van der Waals surface area (Å²) in [5.41, 5.74) is 9.23. The molecule has 0 spiro atoms. The van der Waals surface area contributed by atoms with Crippen LogP contribution >= 0.6 is 23.1 Å². The first-order valence-electron chi connectivity index (χ1n) is 9.55. The van der Waals surface area contributed by atoms with E-state index in [9.17, 15) is 9.18 Å². The molecule has 0 saturated carbocycles. The molecule has 2 N–H and O–H groups in total. The largest absolute Gasteiger partial charge is 0.378 e. The smallest absolute Gasteiger partial charge is 0.253 e. The monoisotopic (exact) mass is 456 g/mol. The molecule has 3 aromatic rings. The van der Waals surface area contributed by atoms with Gasteiger partial charge in [0.2, 0.25) is 5.13 Å². The third kappa shape index (κ3) is 4.86. The molecule has 1 atom stereocenters. The van der Waals surface area contributed by atoms with Crippen molar-refractivity contribution in [3.05, 3.63) is 65.5 Å². The number of rotatable bonds is 6. The van der Waals surface area contributed by atoms with E-state index in [1.54, 1.807) is 12.1 Å². The van der Waals surface area contributed by atoms with Crippen LogP contribution in [0.3, 0.4) is 0 Å². The fraction of sp³-hybridized carbons (Fsp3) is 0.238. The summed E-state index contributed by atoms with van der Waals surface area (Å²) in [6, 6.07) is 14.0. The van der Waals surface area contributed by atoms with Crippen molar-refractivity contribution in [1.29, 1.82) is 0 Å². The van der Waals surface area contributed by atoms with Gasteiger partial charge in [0.25, 0.3) is 5.91 Å². The number of nitrogens with zero attached hydrogens (tertiary/aromatic N) is 5. The Morgan fingerprint density at radius 2 is 1.90 bits per heavy atom. The van der Waals surface area contributed by atoms with Crippen molar-refractivity contribution in [2.45, 2.75) is 16.8 Å². The number of amides is 1. The minimum atomic E-state index is -0.307. The quantitative estimate of drug-likeness (QED) is 0.568. The van der Waals surface area contributed by atoms with Gasteiger partial charge in [-0.25, -0.2) is 9.40 Å². The molecule has 1 aliphatic rings. The van der Waals surface area contributed by atoms with Crippen LogP contribution in [-0.2, 0) is 4.79 Å². The van der Waals surface area contributed by atoms with Crippen LogP contribution in [0.2, 0.25) is 0 Å². The predicted molar refractivity (Wildman–Crippen MR) is 123 cm³/mol. The highest BCUT2D eigenvalue weighted by atomic mass is 32.2. The number of hydrogen-bond acceptors (Lipinski definition) is 8. The Morgan fingerprint density at radius 1 is 1.19 bits per heavy atom. The van der Waals surface area contributed by atoms with Crippen LogP contribution in [-0.4, -0.2) is 46.7 Å². The Bertz CT molecular complexity index is 1100. The van der Waals surface area contributed by atoms with Gasteiger partial charge in [-0.15, -0.1) is 10.2 Å². The molecule has 4 rings (SSSR count). The van der Waals surface area contributed by atoms with Crippen LogP contribution < -0.4 is 10.6 Å². The summed E-state index contributed by atoms with van der Waals surface area (Å²) in [5, 5.41) is 14.2. The SMILES string of the molecule is CN(C)c1ccc(C2CC(c3ccc(F)cc3)=NN2C(=O)CSc2nnc(N)s2)cc1. The number of benzene rings is 2. The van der Waals surface area contributed by atoms with Gasteiger partial charge in [0, 0.05) is 26.2 Å². The van der Waals surface area contributed by atoms with E-state index in [1.807, 2.05) is 43.3 Å². The number of hydrazone groups is 1. The molecule has 2 heterocycles. The zero-order valence-corrected chi connectivity index (χ0v) is 18.7. The molecule has 7 nitrogen and oxygen atoms in total. The van der Waals surface area contributed by atoms with Gasteiger partial charge < -0.3 is 10.6 Å². The summed E-state index contributed by atoms with van der Waals surface area (Å²) >= 11 is 2.53. The molecule has 0 radical (unpaired) electrons. The normalized spacial score (nSPS) is 15.8. The number of anilines is 2.